The van der Waals surface area contributed by atoms with Crippen LogP contribution in [0.25, 0.3) is 16.4 Å². The highest BCUT2D eigenvalue weighted by molar-refractivity contribution is 7.13. The van der Waals surface area contributed by atoms with E-state index in [4.69, 9.17) is 0 Å². The maximum Gasteiger partial charge on any atom is 0.230 e. The van der Waals surface area contributed by atoms with E-state index in [1.807, 2.05) is 72.4 Å². The molecule has 0 aliphatic rings. The molecule has 0 aliphatic heterocycles. The highest BCUT2D eigenvalue weighted by Gasteiger charge is 2.16. The molecule has 0 unspecified atom stereocenters. The number of amides is 1. The Morgan fingerprint density at radius 3 is 2.64 bits per heavy atom. The Labute approximate surface area is 166 Å². The van der Waals surface area contributed by atoms with Gasteiger partial charge in [-0.05, 0) is 38.1 Å². The number of carbonyl (C=O) groups is 1. The molecule has 140 valence electrons. The monoisotopic (exact) mass is 389 g/mol. The first kappa shape index (κ1) is 18.1. The first-order valence-electron chi connectivity index (χ1n) is 8.89. The smallest absolute Gasteiger partial charge is 0.230 e. The van der Waals surface area contributed by atoms with Crippen LogP contribution in [0.15, 0.2) is 60.1 Å². The van der Waals surface area contributed by atoms with Crippen LogP contribution in [-0.2, 0) is 11.2 Å². The van der Waals surface area contributed by atoms with E-state index in [2.05, 4.69) is 20.4 Å². The van der Waals surface area contributed by atoms with Crippen LogP contribution in [0.1, 0.15) is 17.1 Å². The predicted molar refractivity (Wildman–Crippen MR) is 111 cm³/mol. The third kappa shape index (κ3) is 3.70. The quantitative estimate of drug-likeness (QED) is 0.555. The number of pyridine rings is 1. The maximum atomic E-state index is 12.6. The number of nitrogens with zero attached hydrogens (tertiary/aromatic N) is 4. The number of para-hydroxylation sites is 1. The van der Waals surface area contributed by atoms with Crippen LogP contribution < -0.4 is 5.32 Å². The lowest BCUT2D eigenvalue weighted by atomic mass is 10.2. The van der Waals surface area contributed by atoms with Gasteiger partial charge in [0.25, 0.3) is 0 Å². The van der Waals surface area contributed by atoms with Crippen molar-refractivity contribution in [1.82, 2.24) is 19.7 Å². The van der Waals surface area contributed by atoms with E-state index in [1.165, 1.54) is 11.3 Å². The highest BCUT2D eigenvalue weighted by atomic mass is 32.1. The highest BCUT2D eigenvalue weighted by Crippen LogP contribution is 2.24. The molecule has 0 aliphatic carbocycles. The number of aromatic nitrogens is 4. The largest absolute Gasteiger partial charge is 0.323 e. The zero-order valence-corrected chi connectivity index (χ0v) is 16.4. The van der Waals surface area contributed by atoms with Gasteiger partial charge in [0, 0.05) is 11.6 Å². The van der Waals surface area contributed by atoms with Crippen LogP contribution >= 0.6 is 11.3 Å². The number of nitrogens with one attached hydrogen (secondary N) is 1. The molecule has 6 nitrogen and oxygen atoms in total. The Morgan fingerprint density at radius 1 is 1.11 bits per heavy atom. The van der Waals surface area contributed by atoms with Crippen LogP contribution in [-0.4, -0.2) is 25.7 Å². The number of benzene rings is 1. The molecule has 1 aromatic carbocycles. The molecule has 4 aromatic rings. The van der Waals surface area contributed by atoms with Gasteiger partial charge >= 0.3 is 0 Å². The van der Waals surface area contributed by atoms with E-state index in [9.17, 15) is 4.79 Å². The van der Waals surface area contributed by atoms with E-state index in [1.54, 1.807) is 6.20 Å². The minimum Gasteiger partial charge on any atom is -0.323 e. The van der Waals surface area contributed by atoms with Crippen LogP contribution in [0.2, 0.25) is 0 Å². The second-order valence-electron chi connectivity index (χ2n) is 6.38. The van der Waals surface area contributed by atoms with Gasteiger partial charge in [0.2, 0.25) is 5.91 Å². The summed E-state index contributed by atoms with van der Waals surface area (Å²) in [5.74, 6) is -0.114. The standard InChI is InChI=1S/C21H19N5OS/c1-14-20(15(2)26(25-14)17-8-4-3-5-9-17)24-19(27)12-16-13-28-21(23-16)18-10-6-7-11-22-18/h3-11,13H,12H2,1-2H3,(H,24,27). The molecule has 7 heteroatoms. The summed E-state index contributed by atoms with van der Waals surface area (Å²) < 4.78 is 1.84. The lowest BCUT2D eigenvalue weighted by molar-refractivity contribution is -0.115. The minimum absolute atomic E-state index is 0.114. The van der Waals surface area contributed by atoms with Gasteiger partial charge in [-0.1, -0.05) is 24.3 Å². The number of hydrogen-bond acceptors (Lipinski definition) is 5. The molecule has 4 rings (SSSR count). The van der Waals surface area contributed by atoms with Gasteiger partial charge in [-0.2, -0.15) is 5.10 Å². The van der Waals surface area contributed by atoms with E-state index in [0.717, 1.165) is 39.2 Å². The zero-order chi connectivity index (χ0) is 19.5. The van der Waals surface area contributed by atoms with Crippen LogP contribution in [0.4, 0.5) is 5.69 Å². The number of rotatable bonds is 5. The number of thiazole rings is 1. The van der Waals surface area contributed by atoms with Crippen molar-refractivity contribution in [3.63, 3.8) is 0 Å². The number of hydrogen-bond donors (Lipinski definition) is 1. The van der Waals surface area contributed by atoms with E-state index >= 15 is 0 Å². The van der Waals surface area contributed by atoms with Crippen molar-refractivity contribution in [1.29, 1.82) is 0 Å². The number of anilines is 1. The van der Waals surface area contributed by atoms with Crippen LogP contribution in [0.5, 0.6) is 0 Å². The van der Waals surface area contributed by atoms with Gasteiger partial charge in [-0.25, -0.2) is 9.67 Å². The first-order chi connectivity index (χ1) is 13.6. The number of carbonyl (C=O) groups excluding carboxylic acids is 1. The van der Waals surface area contributed by atoms with Gasteiger partial charge in [0.05, 0.1) is 40.6 Å². The molecule has 28 heavy (non-hydrogen) atoms. The fraction of sp³-hybridized carbons (Fsp3) is 0.143. The van der Waals surface area contributed by atoms with Crippen molar-refractivity contribution in [2.75, 3.05) is 5.32 Å². The normalized spacial score (nSPS) is 10.8. The maximum absolute atomic E-state index is 12.6. The molecular formula is C21H19N5OS. The molecule has 3 heterocycles. The summed E-state index contributed by atoms with van der Waals surface area (Å²) in [4.78, 5) is 21.4. The second-order valence-corrected chi connectivity index (χ2v) is 7.24. The zero-order valence-electron chi connectivity index (χ0n) is 15.6. The Hall–Kier alpha value is -3.32. The van der Waals surface area contributed by atoms with Gasteiger partial charge in [0.1, 0.15) is 5.01 Å². The molecule has 1 amide bonds. The molecule has 0 radical (unpaired) electrons. The molecule has 0 fully saturated rings. The van der Waals surface area contributed by atoms with Gasteiger partial charge in [0.15, 0.2) is 0 Å². The van der Waals surface area contributed by atoms with Gasteiger partial charge in [-0.3, -0.25) is 9.78 Å². The molecule has 0 saturated carbocycles. The van der Waals surface area contributed by atoms with E-state index < -0.39 is 0 Å². The summed E-state index contributed by atoms with van der Waals surface area (Å²) in [5.41, 5.74) is 4.92. The average molecular weight is 389 g/mol. The van der Waals surface area contributed by atoms with Crippen molar-refractivity contribution in [2.45, 2.75) is 20.3 Å². The summed E-state index contributed by atoms with van der Waals surface area (Å²) in [7, 11) is 0. The average Bonchev–Trinajstić information content (AvgIpc) is 3.29. The fourth-order valence-corrected chi connectivity index (χ4v) is 3.78. The van der Waals surface area contributed by atoms with Crippen molar-refractivity contribution >= 4 is 22.9 Å². The summed E-state index contributed by atoms with van der Waals surface area (Å²) >= 11 is 1.49. The lowest BCUT2D eigenvalue weighted by Gasteiger charge is -2.06. The topological polar surface area (TPSA) is 72.7 Å². The van der Waals surface area contributed by atoms with Crippen LogP contribution in [0, 0.1) is 13.8 Å². The summed E-state index contributed by atoms with van der Waals surface area (Å²) in [6.45, 7) is 3.84. The third-order valence-electron chi connectivity index (χ3n) is 4.33. The Morgan fingerprint density at radius 2 is 1.89 bits per heavy atom. The fourth-order valence-electron chi connectivity index (χ4n) is 2.99. The third-order valence-corrected chi connectivity index (χ3v) is 5.25. The number of aryl methyl sites for hydroxylation is 1. The molecule has 3 aromatic heterocycles. The molecule has 1 N–H and O–H groups in total. The molecule has 0 bridgehead atoms. The first-order valence-corrected chi connectivity index (χ1v) is 9.77. The van der Waals surface area contributed by atoms with Crippen molar-refractivity contribution < 1.29 is 4.79 Å². The molecule has 0 spiro atoms. The molecule has 0 atom stereocenters. The van der Waals surface area contributed by atoms with Crippen molar-refractivity contribution in [3.8, 4) is 16.4 Å². The van der Waals surface area contributed by atoms with E-state index in [0.29, 0.717) is 0 Å². The second kappa shape index (κ2) is 7.74. The summed E-state index contributed by atoms with van der Waals surface area (Å²) in [6.07, 6.45) is 1.94. The van der Waals surface area contributed by atoms with Crippen LogP contribution in [0.3, 0.4) is 0 Å². The van der Waals surface area contributed by atoms with Gasteiger partial charge < -0.3 is 5.32 Å². The Balaban J connectivity index is 1.49. The minimum atomic E-state index is -0.114. The van der Waals surface area contributed by atoms with Gasteiger partial charge in [-0.15, -0.1) is 11.3 Å². The van der Waals surface area contributed by atoms with Crippen molar-refractivity contribution in [3.05, 3.63) is 77.2 Å². The summed E-state index contributed by atoms with van der Waals surface area (Å²) in [6, 6.07) is 15.6. The Kier molecular flexibility index (Phi) is 4.99. The predicted octanol–water partition coefficient (Wildman–Crippen LogP) is 4.19. The molecular weight excluding hydrogens is 370 g/mol. The van der Waals surface area contributed by atoms with Crippen molar-refractivity contribution in [2.24, 2.45) is 0 Å². The summed E-state index contributed by atoms with van der Waals surface area (Å²) in [5, 5.41) is 10.3. The van der Waals surface area contributed by atoms with E-state index in [-0.39, 0.29) is 12.3 Å². The Bertz CT molecular complexity index is 1100. The SMILES string of the molecule is Cc1nn(-c2ccccc2)c(C)c1NC(=O)Cc1csc(-c2ccccn2)n1. The lowest BCUT2D eigenvalue weighted by Crippen LogP contribution is -2.15. The molecule has 0 saturated heterocycles.